The highest BCUT2D eigenvalue weighted by Crippen LogP contribution is 2.59. The predicted molar refractivity (Wildman–Crippen MR) is 77.5 cm³/mol. The maximum Gasteiger partial charge on any atom is 0.276 e. The number of alkyl halides is 2. The Labute approximate surface area is 127 Å². The van der Waals surface area contributed by atoms with Gasteiger partial charge in [0.15, 0.2) is 6.17 Å². The summed E-state index contributed by atoms with van der Waals surface area (Å²) in [7, 11) is 0. The largest absolute Gasteiger partial charge is 0.276 e. The van der Waals surface area contributed by atoms with Gasteiger partial charge in [-0.1, -0.05) is 39.8 Å². The van der Waals surface area contributed by atoms with Crippen LogP contribution in [0.2, 0.25) is 0 Å². The van der Waals surface area contributed by atoms with Crippen LogP contribution in [0.5, 0.6) is 0 Å². The summed E-state index contributed by atoms with van der Waals surface area (Å²) in [6.45, 7) is 6.20. The van der Waals surface area contributed by atoms with Crippen LogP contribution in [0, 0.1) is 20.9 Å². The molecule has 0 N–H and O–H groups in total. The molecule has 0 saturated heterocycles. The summed E-state index contributed by atoms with van der Waals surface area (Å²) in [5.74, 6) is -1.32. The number of para-hydroxylation sites is 1. The normalized spacial score (nSPS) is 29.8. The summed E-state index contributed by atoms with van der Waals surface area (Å²) in [4.78, 5) is 10.3. The fourth-order valence-corrected chi connectivity index (χ4v) is 2.76. The van der Waals surface area contributed by atoms with Crippen molar-refractivity contribution in [2.75, 3.05) is 0 Å². The van der Waals surface area contributed by atoms with Gasteiger partial charge >= 0.3 is 0 Å². The number of hydrogen-bond acceptors (Lipinski definition) is 2. The molecule has 0 fully saturated rings. The van der Waals surface area contributed by atoms with E-state index in [0.29, 0.717) is 0 Å². The lowest BCUT2D eigenvalue weighted by molar-refractivity contribution is -0.386. The third kappa shape index (κ3) is 2.04. The van der Waals surface area contributed by atoms with E-state index in [-0.39, 0.29) is 0 Å². The van der Waals surface area contributed by atoms with E-state index in [0.717, 1.165) is 18.2 Å². The number of nitro benzene ring substituents is 1. The standard InChI is InChI=1S/C16H18F3NO2/c1-14(2)9-12(17)16(19,13(18)15(14,3)4)10-7-5-6-8-11(10)20(21)22/h5-9,13H,1-4H3. The number of hydrogen-bond donors (Lipinski definition) is 0. The number of nitro groups is 1. The lowest BCUT2D eigenvalue weighted by Gasteiger charge is -2.50. The van der Waals surface area contributed by atoms with E-state index in [9.17, 15) is 14.5 Å². The summed E-state index contributed by atoms with van der Waals surface area (Å²) in [6.07, 6.45) is -1.24. The maximum absolute atomic E-state index is 15.4. The molecule has 22 heavy (non-hydrogen) atoms. The minimum Gasteiger partial charge on any atom is -0.258 e. The molecule has 0 bridgehead atoms. The SMILES string of the molecule is CC1(C)C=C(F)C(F)(c2ccccc2[N+](=O)[O-])C(F)C1(C)C. The maximum atomic E-state index is 15.4. The first-order valence-corrected chi connectivity index (χ1v) is 6.92. The fourth-order valence-electron chi connectivity index (χ4n) is 2.76. The van der Waals surface area contributed by atoms with Crippen molar-refractivity contribution in [2.45, 2.75) is 39.5 Å². The molecule has 0 radical (unpaired) electrons. The first kappa shape index (κ1) is 16.5. The van der Waals surface area contributed by atoms with Crippen LogP contribution < -0.4 is 0 Å². The van der Waals surface area contributed by atoms with Crippen molar-refractivity contribution in [3.63, 3.8) is 0 Å². The van der Waals surface area contributed by atoms with Gasteiger partial charge in [0, 0.05) is 11.5 Å². The Bertz CT molecular complexity index is 655. The van der Waals surface area contributed by atoms with Gasteiger partial charge in [0.1, 0.15) is 5.83 Å². The molecule has 0 amide bonds. The molecular formula is C16H18F3NO2. The van der Waals surface area contributed by atoms with Crippen LogP contribution in [-0.2, 0) is 5.67 Å². The van der Waals surface area contributed by atoms with Crippen molar-refractivity contribution in [3.05, 3.63) is 51.8 Å². The van der Waals surface area contributed by atoms with Crippen molar-refractivity contribution in [1.29, 1.82) is 0 Å². The number of allylic oxidation sites excluding steroid dienone is 2. The summed E-state index contributed by atoms with van der Waals surface area (Å²) < 4.78 is 44.9. The quantitative estimate of drug-likeness (QED) is 0.568. The van der Waals surface area contributed by atoms with Crippen molar-refractivity contribution >= 4 is 5.69 Å². The molecule has 2 unspecified atom stereocenters. The van der Waals surface area contributed by atoms with E-state index in [2.05, 4.69) is 0 Å². The van der Waals surface area contributed by atoms with Crippen molar-refractivity contribution in [2.24, 2.45) is 10.8 Å². The highest BCUT2D eigenvalue weighted by molar-refractivity contribution is 5.50. The Hall–Kier alpha value is -1.85. The van der Waals surface area contributed by atoms with Crippen molar-refractivity contribution in [1.82, 2.24) is 0 Å². The molecule has 2 atom stereocenters. The van der Waals surface area contributed by atoms with Gasteiger partial charge in [-0.15, -0.1) is 0 Å². The van der Waals surface area contributed by atoms with Crippen molar-refractivity contribution in [3.8, 4) is 0 Å². The van der Waals surface area contributed by atoms with Gasteiger partial charge in [0.05, 0.1) is 10.5 Å². The van der Waals surface area contributed by atoms with E-state index in [1.54, 1.807) is 13.8 Å². The van der Waals surface area contributed by atoms with Gasteiger partial charge in [-0.05, 0) is 17.6 Å². The Balaban J connectivity index is 2.76. The third-order valence-electron chi connectivity index (χ3n) is 4.97. The average molecular weight is 313 g/mol. The molecule has 0 heterocycles. The van der Waals surface area contributed by atoms with Gasteiger partial charge in [0.2, 0.25) is 5.67 Å². The topological polar surface area (TPSA) is 43.1 Å². The zero-order valence-electron chi connectivity index (χ0n) is 12.9. The highest BCUT2D eigenvalue weighted by atomic mass is 19.2. The summed E-state index contributed by atoms with van der Waals surface area (Å²) in [5.41, 5.74) is -6.57. The lowest BCUT2D eigenvalue weighted by Crippen LogP contribution is -2.53. The van der Waals surface area contributed by atoms with E-state index >= 15 is 8.78 Å². The molecule has 3 nitrogen and oxygen atoms in total. The number of halogens is 3. The fraction of sp³-hybridized carbons (Fsp3) is 0.500. The molecule has 120 valence electrons. The van der Waals surface area contributed by atoms with Gasteiger partial charge in [-0.3, -0.25) is 10.1 Å². The third-order valence-corrected chi connectivity index (χ3v) is 4.97. The second kappa shape index (κ2) is 4.83. The smallest absolute Gasteiger partial charge is 0.258 e. The summed E-state index contributed by atoms with van der Waals surface area (Å²) in [6, 6.07) is 4.77. The van der Waals surface area contributed by atoms with Crippen LogP contribution in [0.3, 0.4) is 0 Å². The molecule has 2 rings (SSSR count). The molecule has 6 heteroatoms. The molecule has 0 spiro atoms. The van der Waals surface area contributed by atoms with Crippen LogP contribution in [-0.4, -0.2) is 11.1 Å². The van der Waals surface area contributed by atoms with E-state index in [1.165, 1.54) is 26.0 Å². The van der Waals surface area contributed by atoms with Crippen LogP contribution in [0.1, 0.15) is 33.3 Å². The lowest BCUT2D eigenvalue weighted by atomic mass is 9.57. The van der Waals surface area contributed by atoms with Crippen LogP contribution in [0.25, 0.3) is 0 Å². The minimum atomic E-state index is -3.16. The minimum absolute atomic E-state index is 0.593. The van der Waals surface area contributed by atoms with Crippen LogP contribution in [0.15, 0.2) is 36.2 Å². The second-order valence-corrected chi connectivity index (χ2v) is 6.78. The van der Waals surface area contributed by atoms with Gasteiger partial charge in [-0.25, -0.2) is 13.2 Å². The highest BCUT2D eigenvalue weighted by Gasteiger charge is 2.62. The first-order chi connectivity index (χ1) is 9.96. The van der Waals surface area contributed by atoms with Gasteiger partial charge < -0.3 is 0 Å². The number of nitrogens with zero attached hydrogens (tertiary/aromatic N) is 1. The number of rotatable bonds is 2. The van der Waals surface area contributed by atoms with Crippen LogP contribution in [0.4, 0.5) is 18.9 Å². The molecule has 0 saturated carbocycles. The molecule has 1 aromatic rings. The Morgan fingerprint density at radius 2 is 1.73 bits per heavy atom. The van der Waals surface area contributed by atoms with E-state index < -0.39 is 44.7 Å². The summed E-state index contributed by atoms with van der Waals surface area (Å²) in [5, 5.41) is 11.1. The van der Waals surface area contributed by atoms with Crippen molar-refractivity contribution < 1.29 is 18.1 Å². The summed E-state index contributed by atoms with van der Waals surface area (Å²) >= 11 is 0. The van der Waals surface area contributed by atoms with E-state index in [1.807, 2.05) is 0 Å². The molecule has 0 aromatic heterocycles. The molecule has 1 aliphatic rings. The average Bonchev–Trinajstić information content (AvgIpc) is 2.43. The second-order valence-electron chi connectivity index (χ2n) is 6.78. The Morgan fingerprint density at radius 1 is 1.18 bits per heavy atom. The zero-order valence-corrected chi connectivity index (χ0v) is 12.9. The predicted octanol–water partition coefficient (Wildman–Crippen LogP) is 5.02. The molecule has 1 aliphatic carbocycles. The monoisotopic (exact) mass is 313 g/mol. The Kier molecular flexibility index (Phi) is 3.62. The molecule has 0 aliphatic heterocycles. The Morgan fingerprint density at radius 3 is 2.27 bits per heavy atom. The first-order valence-electron chi connectivity index (χ1n) is 6.92. The van der Waals surface area contributed by atoms with Gasteiger partial charge in [0.25, 0.3) is 5.69 Å². The zero-order chi connectivity index (χ0) is 16.9. The van der Waals surface area contributed by atoms with E-state index in [4.69, 9.17) is 0 Å². The molecule has 1 aromatic carbocycles. The van der Waals surface area contributed by atoms with Crippen LogP contribution >= 0.6 is 0 Å². The number of benzene rings is 1. The van der Waals surface area contributed by atoms with Gasteiger partial charge in [-0.2, -0.15) is 0 Å². The molecular weight excluding hydrogens is 295 g/mol.